The number of carbonyl (C=O) groups is 1. The molecule has 5 nitrogen and oxygen atoms in total. The minimum atomic E-state index is -3.48. The molecule has 0 N–H and O–H groups in total. The van der Waals surface area contributed by atoms with Gasteiger partial charge in [0.05, 0.1) is 12.4 Å². The second kappa shape index (κ2) is 8.27. The van der Waals surface area contributed by atoms with Gasteiger partial charge in [0.25, 0.3) is 0 Å². The SMILES string of the molecule is CC(=O)CCS(=O)(=O)N1CCCC1C(C)c1ccc(F)c(OCC2CC2)c1. The number of benzene rings is 1. The van der Waals surface area contributed by atoms with Gasteiger partial charge in [0, 0.05) is 19.0 Å². The molecule has 1 aliphatic carbocycles. The Kier molecular flexibility index (Phi) is 6.21. The number of hydrogen-bond donors (Lipinski definition) is 0. The number of halogens is 1. The number of hydrogen-bond acceptors (Lipinski definition) is 4. The number of carbonyl (C=O) groups excluding carboxylic acids is 1. The van der Waals surface area contributed by atoms with E-state index in [1.54, 1.807) is 12.1 Å². The molecular weight excluding hydrogens is 369 g/mol. The lowest BCUT2D eigenvalue weighted by Crippen LogP contribution is -2.40. The fourth-order valence-electron chi connectivity index (χ4n) is 3.63. The maximum atomic E-state index is 14.1. The van der Waals surface area contributed by atoms with E-state index >= 15 is 0 Å². The van der Waals surface area contributed by atoms with Crippen LogP contribution >= 0.6 is 0 Å². The van der Waals surface area contributed by atoms with Crippen LogP contribution in [0.25, 0.3) is 0 Å². The van der Waals surface area contributed by atoms with Crippen LogP contribution in [0.1, 0.15) is 57.4 Å². The van der Waals surface area contributed by atoms with Gasteiger partial charge in [0.2, 0.25) is 10.0 Å². The highest BCUT2D eigenvalue weighted by Gasteiger charge is 2.37. The van der Waals surface area contributed by atoms with Crippen molar-refractivity contribution in [1.82, 2.24) is 4.31 Å². The first-order valence-corrected chi connectivity index (χ1v) is 11.3. The zero-order chi connectivity index (χ0) is 19.6. The van der Waals surface area contributed by atoms with Crippen molar-refractivity contribution >= 4 is 15.8 Å². The monoisotopic (exact) mass is 397 g/mol. The predicted octanol–water partition coefficient (Wildman–Crippen LogP) is 3.49. The van der Waals surface area contributed by atoms with Crippen molar-refractivity contribution in [3.63, 3.8) is 0 Å². The van der Waals surface area contributed by atoms with E-state index in [-0.39, 0.29) is 41.5 Å². The van der Waals surface area contributed by atoms with Gasteiger partial charge in [-0.15, -0.1) is 0 Å². The Labute approximate surface area is 160 Å². The Morgan fingerprint density at radius 1 is 1.33 bits per heavy atom. The molecule has 2 atom stereocenters. The molecule has 27 heavy (non-hydrogen) atoms. The molecular formula is C20H28FNO4S. The Balaban J connectivity index is 1.74. The summed E-state index contributed by atoms with van der Waals surface area (Å²) in [4.78, 5) is 11.2. The minimum Gasteiger partial charge on any atom is -0.490 e. The summed E-state index contributed by atoms with van der Waals surface area (Å²) in [7, 11) is -3.48. The molecule has 3 rings (SSSR count). The average molecular weight is 398 g/mol. The molecule has 1 aromatic carbocycles. The van der Waals surface area contributed by atoms with Crippen LogP contribution < -0.4 is 4.74 Å². The van der Waals surface area contributed by atoms with E-state index < -0.39 is 10.0 Å². The first-order valence-electron chi connectivity index (χ1n) is 9.69. The summed E-state index contributed by atoms with van der Waals surface area (Å²) >= 11 is 0. The third-order valence-corrected chi connectivity index (χ3v) is 7.44. The molecule has 1 aromatic rings. The van der Waals surface area contributed by atoms with E-state index in [1.807, 2.05) is 6.92 Å². The first-order chi connectivity index (χ1) is 12.8. The molecule has 2 unspecified atom stereocenters. The van der Waals surface area contributed by atoms with Crippen molar-refractivity contribution in [3.05, 3.63) is 29.6 Å². The van der Waals surface area contributed by atoms with Crippen LogP contribution in [0, 0.1) is 11.7 Å². The van der Waals surface area contributed by atoms with Crippen molar-refractivity contribution in [2.24, 2.45) is 5.92 Å². The number of ketones is 1. The van der Waals surface area contributed by atoms with Crippen LogP contribution in [-0.4, -0.2) is 43.5 Å². The van der Waals surface area contributed by atoms with Gasteiger partial charge in [-0.1, -0.05) is 13.0 Å². The van der Waals surface area contributed by atoms with E-state index in [9.17, 15) is 17.6 Å². The standard InChI is InChI=1S/C20H28FNO4S/c1-14(23)9-11-27(24,25)22-10-3-4-19(22)15(2)17-7-8-18(21)20(12-17)26-13-16-5-6-16/h7-8,12,15-16,19H,3-6,9-11,13H2,1-2H3. The zero-order valence-corrected chi connectivity index (χ0v) is 16.8. The number of ether oxygens (including phenoxy) is 1. The highest BCUT2D eigenvalue weighted by molar-refractivity contribution is 7.89. The molecule has 2 aliphatic rings. The molecule has 2 fully saturated rings. The molecule has 1 heterocycles. The fourth-order valence-corrected chi connectivity index (χ4v) is 5.52. The lowest BCUT2D eigenvalue weighted by molar-refractivity contribution is -0.116. The van der Waals surface area contributed by atoms with Crippen molar-refractivity contribution in [2.45, 2.75) is 57.9 Å². The van der Waals surface area contributed by atoms with Gasteiger partial charge in [0.1, 0.15) is 5.78 Å². The summed E-state index contributed by atoms with van der Waals surface area (Å²) in [6.45, 7) is 4.38. The van der Waals surface area contributed by atoms with Crippen LogP contribution in [0.4, 0.5) is 4.39 Å². The van der Waals surface area contributed by atoms with E-state index in [2.05, 4.69) is 0 Å². The van der Waals surface area contributed by atoms with Gasteiger partial charge in [-0.2, -0.15) is 4.31 Å². The van der Waals surface area contributed by atoms with Crippen LogP contribution in [0.3, 0.4) is 0 Å². The molecule has 150 valence electrons. The quantitative estimate of drug-likeness (QED) is 0.640. The highest BCUT2D eigenvalue weighted by Crippen LogP contribution is 2.36. The number of rotatable bonds is 9. The maximum absolute atomic E-state index is 14.1. The van der Waals surface area contributed by atoms with Crippen molar-refractivity contribution < 1.29 is 22.3 Å². The summed E-state index contributed by atoms with van der Waals surface area (Å²) in [5.74, 6) is 0.0355. The Morgan fingerprint density at radius 2 is 2.07 bits per heavy atom. The smallest absolute Gasteiger partial charge is 0.214 e. The Bertz CT molecular complexity index is 791. The zero-order valence-electron chi connectivity index (χ0n) is 16.0. The van der Waals surface area contributed by atoms with Gasteiger partial charge >= 0.3 is 0 Å². The third kappa shape index (κ3) is 5.08. The summed E-state index contributed by atoms with van der Waals surface area (Å²) < 4.78 is 46.6. The Morgan fingerprint density at radius 3 is 2.74 bits per heavy atom. The van der Waals surface area contributed by atoms with Crippen LogP contribution in [-0.2, 0) is 14.8 Å². The van der Waals surface area contributed by atoms with Gasteiger partial charge < -0.3 is 4.74 Å². The molecule has 0 radical (unpaired) electrons. The summed E-state index contributed by atoms with van der Waals surface area (Å²) in [6.07, 6.45) is 3.85. The van der Waals surface area contributed by atoms with Gasteiger partial charge in [-0.25, -0.2) is 12.8 Å². The second-order valence-electron chi connectivity index (χ2n) is 7.82. The second-order valence-corrected chi connectivity index (χ2v) is 9.86. The normalized spacial score (nSPS) is 22.0. The van der Waals surface area contributed by atoms with Crippen molar-refractivity contribution in [1.29, 1.82) is 0 Å². The van der Waals surface area contributed by atoms with E-state index in [0.29, 0.717) is 19.1 Å². The molecule has 0 bridgehead atoms. The lowest BCUT2D eigenvalue weighted by atomic mass is 9.92. The minimum absolute atomic E-state index is 0.0373. The molecule has 1 aliphatic heterocycles. The number of Topliss-reactive ketones (excluding diaryl/α,β-unsaturated/α-hetero) is 1. The number of nitrogens with zero attached hydrogens (tertiary/aromatic N) is 1. The van der Waals surface area contributed by atoms with Crippen LogP contribution in [0.15, 0.2) is 18.2 Å². The molecule has 0 amide bonds. The maximum Gasteiger partial charge on any atom is 0.214 e. The fraction of sp³-hybridized carbons (Fsp3) is 0.650. The average Bonchev–Trinajstić information content (AvgIpc) is 3.31. The number of sulfonamides is 1. The molecule has 0 aromatic heterocycles. The van der Waals surface area contributed by atoms with E-state index in [4.69, 9.17) is 4.74 Å². The van der Waals surface area contributed by atoms with Gasteiger partial charge in [-0.3, -0.25) is 4.79 Å². The highest BCUT2D eigenvalue weighted by atomic mass is 32.2. The third-order valence-electron chi connectivity index (χ3n) is 5.55. The van der Waals surface area contributed by atoms with E-state index in [0.717, 1.165) is 31.2 Å². The summed E-state index contributed by atoms with van der Waals surface area (Å²) in [6, 6.07) is 4.64. The lowest BCUT2D eigenvalue weighted by Gasteiger charge is -2.29. The van der Waals surface area contributed by atoms with Crippen LogP contribution in [0.5, 0.6) is 5.75 Å². The largest absolute Gasteiger partial charge is 0.490 e. The van der Waals surface area contributed by atoms with Gasteiger partial charge in [0.15, 0.2) is 11.6 Å². The molecule has 1 saturated carbocycles. The molecule has 0 spiro atoms. The molecule has 1 saturated heterocycles. The Hall–Kier alpha value is -1.47. The summed E-state index contributed by atoms with van der Waals surface area (Å²) in [5, 5.41) is 0. The van der Waals surface area contributed by atoms with Crippen LogP contribution in [0.2, 0.25) is 0 Å². The van der Waals surface area contributed by atoms with Crippen molar-refractivity contribution in [3.8, 4) is 5.75 Å². The van der Waals surface area contributed by atoms with E-state index in [1.165, 1.54) is 17.3 Å². The van der Waals surface area contributed by atoms with Crippen molar-refractivity contribution in [2.75, 3.05) is 18.9 Å². The topological polar surface area (TPSA) is 63.7 Å². The first kappa shape index (κ1) is 20.3. The predicted molar refractivity (Wildman–Crippen MR) is 102 cm³/mol. The van der Waals surface area contributed by atoms with Gasteiger partial charge in [-0.05, 0) is 62.1 Å². The molecule has 7 heteroatoms. The summed E-state index contributed by atoms with van der Waals surface area (Å²) in [5.41, 5.74) is 0.876.